The Bertz CT molecular complexity index is 830. The largest absolute Gasteiger partial charge is 0.343 e. The third kappa shape index (κ3) is 4.66. The number of hydrogen-bond donors (Lipinski definition) is 1. The lowest BCUT2D eigenvalue weighted by molar-refractivity contribution is -0.132. The molecule has 8 heteroatoms. The van der Waals surface area contributed by atoms with Gasteiger partial charge in [0.2, 0.25) is 11.8 Å². The van der Waals surface area contributed by atoms with Crippen LogP contribution in [0.3, 0.4) is 0 Å². The van der Waals surface area contributed by atoms with E-state index in [1.54, 1.807) is 24.0 Å². The molecule has 2 heterocycles. The number of fused-ring (bicyclic) bond motifs is 1. The zero-order valence-corrected chi connectivity index (χ0v) is 17.4. The molecule has 2 aliphatic heterocycles. The fourth-order valence-corrected chi connectivity index (χ4v) is 5.65. The van der Waals surface area contributed by atoms with E-state index in [4.69, 9.17) is 0 Å². The van der Waals surface area contributed by atoms with Crippen molar-refractivity contribution in [1.82, 2.24) is 4.90 Å². The number of nitrogens with zero attached hydrogens (tertiary/aromatic N) is 1. The maximum atomic E-state index is 13.0. The predicted molar refractivity (Wildman–Crippen MR) is 107 cm³/mol. The lowest BCUT2D eigenvalue weighted by atomic mass is 9.99. The maximum absolute atomic E-state index is 13.0. The lowest BCUT2D eigenvalue weighted by Gasteiger charge is -2.31. The summed E-state index contributed by atoms with van der Waals surface area (Å²) in [5, 5.41) is 1.96. The summed E-state index contributed by atoms with van der Waals surface area (Å²) in [6.45, 7) is 5.16. The van der Waals surface area contributed by atoms with Crippen LogP contribution < -0.4 is 5.32 Å². The number of carbonyl (C=O) groups excluding carboxylic acids is 2. The molecule has 1 fully saturated rings. The molecule has 0 aliphatic carbocycles. The summed E-state index contributed by atoms with van der Waals surface area (Å²) in [5.74, 6) is 1.07. The molecule has 0 spiro atoms. The van der Waals surface area contributed by atoms with Gasteiger partial charge in [-0.3, -0.25) is 9.59 Å². The van der Waals surface area contributed by atoms with Crippen molar-refractivity contribution in [2.45, 2.75) is 54.6 Å². The number of thioether (sulfide) groups is 1. The number of likely N-dealkylation sites (tertiary alicyclic amines) is 1. The number of piperidine rings is 1. The number of nitrogens with one attached hydrogen (secondary N) is 1. The van der Waals surface area contributed by atoms with Gasteiger partial charge in [-0.1, -0.05) is 6.92 Å². The van der Waals surface area contributed by atoms with Crippen molar-refractivity contribution < 1.29 is 18.0 Å². The third-order valence-corrected chi connectivity index (χ3v) is 8.48. The number of amides is 2. The Labute approximate surface area is 165 Å². The quantitative estimate of drug-likeness (QED) is 0.825. The molecule has 1 aromatic carbocycles. The Balaban J connectivity index is 1.73. The highest BCUT2D eigenvalue weighted by molar-refractivity contribution is 7.99. The molecule has 0 bridgehead atoms. The molecule has 0 aromatic heterocycles. The summed E-state index contributed by atoms with van der Waals surface area (Å²) in [7, 11) is -3.65. The van der Waals surface area contributed by atoms with E-state index in [0.717, 1.165) is 17.7 Å². The van der Waals surface area contributed by atoms with Crippen molar-refractivity contribution in [3.63, 3.8) is 0 Å². The van der Waals surface area contributed by atoms with Crippen molar-refractivity contribution in [1.29, 1.82) is 0 Å². The van der Waals surface area contributed by atoms with E-state index in [2.05, 4.69) is 12.2 Å². The summed E-state index contributed by atoms with van der Waals surface area (Å²) >= 11 is 1.53. The highest BCUT2D eigenvalue weighted by Crippen LogP contribution is 2.33. The van der Waals surface area contributed by atoms with Gasteiger partial charge < -0.3 is 10.2 Å². The van der Waals surface area contributed by atoms with Gasteiger partial charge in [0.05, 0.1) is 15.8 Å². The average Bonchev–Trinajstić information content (AvgIpc) is 2.81. The molecule has 3 rings (SSSR count). The van der Waals surface area contributed by atoms with E-state index >= 15 is 0 Å². The first-order valence-corrected chi connectivity index (χ1v) is 11.9. The van der Waals surface area contributed by atoms with Crippen LogP contribution in [0.25, 0.3) is 0 Å². The Morgan fingerprint density at radius 1 is 1.33 bits per heavy atom. The van der Waals surface area contributed by atoms with Crippen LogP contribution in [0.15, 0.2) is 28.0 Å². The standard InChI is InChI=1S/C19H26N2O4S2/c1-13-5-8-21(9-6-13)19(23)11-14(2)27(24,25)15-3-4-17-16(12-15)20-18(22)7-10-26-17/h3-4,12-14H,5-11H2,1-2H3,(H,20,22). The first-order chi connectivity index (χ1) is 12.8. The van der Waals surface area contributed by atoms with E-state index < -0.39 is 15.1 Å². The number of rotatable bonds is 4. The van der Waals surface area contributed by atoms with Crippen LogP contribution >= 0.6 is 11.8 Å². The van der Waals surface area contributed by atoms with Crippen LogP contribution in [0, 0.1) is 5.92 Å². The molecule has 148 valence electrons. The molecule has 2 amide bonds. The normalized spacial score (nSPS) is 19.8. The number of benzene rings is 1. The number of anilines is 1. The van der Waals surface area contributed by atoms with E-state index in [0.29, 0.717) is 36.9 Å². The summed E-state index contributed by atoms with van der Waals surface area (Å²) in [6, 6.07) is 4.83. The van der Waals surface area contributed by atoms with Gasteiger partial charge in [0.25, 0.3) is 0 Å². The van der Waals surface area contributed by atoms with Crippen LogP contribution in [-0.4, -0.2) is 49.2 Å². The van der Waals surface area contributed by atoms with Gasteiger partial charge in [-0.05, 0) is 43.9 Å². The van der Waals surface area contributed by atoms with Crippen LogP contribution in [0.4, 0.5) is 5.69 Å². The highest BCUT2D eigenvalue weighted by atomic mass is 32.2. The lowest BCUT2D eigenvalue weighted by Crippen LogP contribution is -2.40. The van der Waals surface area contributed by atoms with Crippen molar-refractivity contribution in [2.24, 2.45) is 5.92 Å². The number of hydrogen-bond acceptors (Lipinski definition) is 5. The predicted octanol–water partition coefficient (Wildman–Crippen LogP) is 2.93. The smallest absolute Gasteiger partial charge is 0.225 e. The number of sulfone groups is 1. The van der Waals surface area contributed by atoms with Crippen molar-refractivity contribution in [3.8, 4) is 0 Å². The summed E-state index contributed by atoms with van der Waals surface area (Å²) in [6.07, 6.45) is 2.32. The van der Waals surface area contributed by atoms with E-state index in [9.17, 15) is 18.0 Å². The molecule has 1 unspecified atom stereocenters. The van der Waals surface area contributed by atoms with Crippen LogP contribution in [0.2, 0.25) is 0 Å². The zero-order chi connectivity index (χ0) is 19.6. The summed E-state index contributed by atoms with van der Waals surface area (Å²) < 4.78 is 25.9. The van der Waals surface area contributed by atoms with Crippen molar-refractivity contribution >= 4 is 39.1 Å². The van der Waals surface area contributed by atoms with Crippen LogP contribution in [0.5, 0.6) is 0 Å². The molecule has 6 nitrogen and oxygen atoms in total. The molecule has 0 radical (unpaired) electrons. The molecule has 27 heavy (non-hydrogen) atoms. The second kappa shape index (κ2) is 8.22. The minimum absolute atomic E-state index is 0.0189. The fourth-order valence-electron chi connectivity index (χ4n) is 3.35. The van der Waals surface area contributed by atoms with Crippen molar-refractivity contribution in [3.05, 3.63) is 18.2 Å². The van der Waals surface area contributed by atoms with Gasteiger partial charge in [-0.25, -0.2) is 8.42 Å². The monoisotopic (exact) mass is 410 g/mol. The third-order valence-electron chi connectivity index (χ3n) is 5.27. The molecule has 1 atom stereocenters. The van der Waals surface area contributed by atoms with E-state index in [-0.39, 0.29) is 23.1 Å². The molecular weight excluding hydrogens is 384 g/mol. The first-order valence-electron chi connectivity index (χ1n) is 9.35. The molecule has 0 saturated carbocycles. The summed E-state index contributed by atoms with van der Waals surface area (Å²) in [5.41, 5.74) is 0.534. The van der Waals surface area contributed by atoms with Crippen LogP contribution in [-0.2, 0) is 19.4 Å². The van der Waals surface area contributed by atoms with E-state index in [1.807, 2.05) is 0 Å². The fraction of sp³-hybridized carbons (Fsp3) is 0.579. The Morgan fingerprint density at radius 3 is 2.74 bits per heavy atom. The van der Waals surface area contributed by atoms with Crippen molar-refractivity contribution in [2.75, 3.05) is 24.2 Å². The Kier molecular flexibility index (Phi) is 6.15. The van der Waals surface area contributed by atoms with Gasteiger partial charge in [0, 0.05) is 36.6 Å². The second-order valence-corrected chi connectivity index (χ2v) is 10.9. The number of carbonyl (C=O) groups is 2. The molecule has 2 aliphatic rings. The van der Waals surface area contributed by atoms with Gasteiger partial charge in [-0.2, -0.15) is 0 Å². The van der Waals surface area contributed by atoms with Crippen LogP contribution in [0.1, 0.15) is 39.5 Å². The minimum Gasteiger partial charge on any atom is -0.343 e. The highest BCUT2D eigenvalue weighted by Gasteiger charge is 2.29. The zero-order valence-electron chi connectivity index (χ0n) is 15.7. The summed E-state index contributed by atoms with van der Waals surface area (Å²) in [4.78, 5) is 27.1. The first kappa shape index (κ1) is 20.2. The van der Waals surface area contributed by atoms with Gasteiger partial charge >= 0.3 is 0 Å². The topological polar surface area (TPSA) is 83.6 Å². The van der Waals surface area contributed by atoms with Gasteiger partial charge in [0.1, 0.15) is 0 Å². The Morgan fingerprint density at radius 2 is 2.04 bits per heavy atom. The molecular formula is C19H26N2O4S2. The SMILES string of the molecule is CC1CCN(C(=O)CC(C)S(=O)(=O)c2ccc3c(c2)NC(=O)CCS3)CC1. The molecule has 1 aromatic rings. The molecule has 1 N–H and O–H groups in total. The second-order valence-electron chi connectivity index (χ2n) is 7.43. The molecule has 1 saturated heterocycles. The minimum atomic E-state index is -3.65. The van der Waals surface area contributed by atoms with E-state index in [1.165, 1.54) is 17.8 Å². The van der Waals surface area contributed by atoms with Gasteiger partial charge in [-0.15, -0.1) is 11.8 Å². The van der Waals surface area contributed by atoms with Gasteiger partial charge in [0.15, 0.2) is 9.84 Å². The maximum Gasteiger partial charge on any atom is 0.225 e. The average molecular weight is 411 g/mol. The Hall–Kier alpha value is -1.54.